The molecule has 6 heteroatoms. The summed E-state index contributed by atoms with van der Waals surface area (Å²) in [6, 6.07) is 5.30. The fourth-order valence-corrected chi connectivity index (χ4v) is 2.99. The number of halogens is 3. The Kier molecular flexibility index (Phi) is 5.74. The van der Waals surface area contributed by atoms with E-state index in [1.54, 1.807) is 25.3 Å². The predicted molar refractivity (Wildman–Crippen MR) is 76.0 cm³/mol. The maximum Gasteiger partial charge on any atom is 0.387 e. The second kappa shape index (κ2) is 7.33. The Labute approximate surface area is 125 Å². The Morgan fingerprint density at radius 2 is 2.20 bits per heavy atom. The van der Waals surface area contributed by atoms with Gasteiger partial charge in [0.1, 0.15) is 5.75 Å². The number of methoxy groups -OCH3 is 1. The van der Waals surface area contributed by atoms with Crippen LogP contribution in [0.3, 0.4) is 0 Å². The van der Waals surface area contributed by atoms with Gasteiger partial charge in [0.05, 0.1) is 6.10 Å². The molecule has 1 fully saturated rings. The summed E-state index contributed by atoms with van der Waals surface area (Å²) in [6.45, 7) is -2.33. The van der Waals surface area contributed by atoms with E-state index in [0.717, 1.165) is 23.7 Å². The van der Waals surface area contributed by atoms with E-state index >= 15 is 0 Å². The van der Waals surface area contributed by atoms with Gasteiger partial charge in [-0.1, -0.05) is 15.9 Å². The summed E-state index contributed by atoms with van der Waals surface area (Å²) < 4.78 is 35.6. The molecule has 1 aliphatic carbocycles. The Hall–Kier alpha value is -0.720. The van der Waals surface area contributed by atoms with Gasteiger partial charge in [-0.3, -0.25) is 0 Å². The van der Waals surface area contributed by atoms with Crippen LogP contribution < -0.4 is 10.1 Å². The van der Waals surface area contributed by atoms with Crippen LogP contribution in [-0.2, 0) is 11.3 Å². The van der Waals surface area contributed by atoms with Gasteiger partial charge >= 0.3 is 6.61 Å². The minimum Gasteiger partial charge on any atom is -0.434 e. The maximum absolute atomic E-state index is 12.4. The third kappa shape index (κ3) is 4.14. The van der Waals surface area contributed by atoms with Gasteiger partial charge in [0.25, 0.3) is 0 Å². The van der Waals surface area contributed by atoms with Crippen molar-refractivity contribution in [2.75, 3.05) is 7.11 Å². The van der Waals surface area contributed by atoms with E-state index in [0.29, 0.717) is 12.1 Å². The van der Waals surface area contributed by atoms with Crippen molar-refractivity contribution in [1.82, 2.24) is 5.32 Å². The monoisotopic (exact) mass is 349 g/mol. The van der Waals surface area contributed by atoms with Crippen LogP contribution in [0, 0.1) is 0 Å². The Morgan fingerprint density at radius 3 is 2.90 bits per heavy atom. The lowest BCUT2D eigenvalue weighted by molar-refractivity contribution is -0.0505. The zero-order valence-corrected chi connectivity index (χ0v) is 12.8. The molecule has 3 nitrogen and oxygen atoms in total. The van der Waals surface area contributed by atoms with Crippen molar-refractivity contribution in [3.63, 3.8) is 0 Å². The molecule has 0 spiro atoms. The van der Waals surface area contributed by atoms with Crippen LogP contribution in [-0.4, -0.2) is 25.9 Å². The Bertz CT molecular complexity index is 445. The Morgan fingerprint density at radius 1 is 1.40 bits per heavy atom. The normalized spacial score (nSPS) is 22.4. The molecule has 1 aromatic rings. The van der Waals surface area contributed by atoms with Crippen molar-refractivity contribution in [3.8, 4) is 5.75 Å². The van der Waals surface area contributed by atoms with Crippen LogP contribution in [0.4, 0.5) is 8.78 Å². The number of ether oxygens (including phenoxy) is 2. The standard InChI is InChI=1S/C14H18BrF2NO2/c1-19-13-4-2-3-11(13)18-8-9-7-10(15)5-6-12(9)20-14(16)17/h5-7,11,13-14,18H,2-4,8H2,1H3. The predicted octanol–water partition coefficient (Wildman–Crippen LogP) is 3.71. The van der Waals surface area contributed by atoms with Crippen molar-refractivity contribution < 1.29 is 18.3 Å². The molecule has 20 heavy (non-hydrogen) atoms. The van der Waals surface area contributed by atoms with Crippen molar-refractivity contribution in [3.05, 3.63) is 28.2 Å². The van der Waals surface area contributed by atoms with E-state index in [4.69, 9.17) is 4.74 Å². The van der Waals surface area contributed by atoms with Crippen molar-refractivity contribution in [1.29, 1.82) is 0 Å². The molecule has 1 aliphatic rings. The molecule has 0 aliphatic heterocycles. The molecular weight excluding hydrogens is 332 g/mol. The fraction of sp³-hybridized carbons (Fsp3) is 0.571. The highest BCUT2D eigenvalue weighted by molar-refractivity contribution is 9.10. The molecule has 1 aromatic carbocycles. The summed E-state index contributed by atoms with van der Waals surface area (Å²) in [4.78, 5) is 0. The highest BCUT2D eigenvalue weighted by atomic mass is 79.9. The topological polar surface area (TPSA) is 30.5 Å². The van der Waals surface area contributed by atoms with Gasteiger partial charge in [-0.2, -0.15) is 8.78 Å². The summed E-state index contributed by atoms with van der Waals surface area (Å²) in [7, 11) is 1.70. The van der Waals surface area contributed by atoms with Crippen molar-refractivity contribution in [2.24, 2.45) is 0 Å². The maximum atomic E-state index is 12.4. The van der Waals surface area contributed by atoms with Gasteiger partial charge < -0.3 is 14.8 Å². The number of nitrogens with one attached hydrogen (secondary N) is 1. The molecule has 0 bridgehead atoms. The van der Waals surface area contributed by atoms with E-state index in [2.05, 4.69) is 26.0 Å². The average Bonchev–Trinajstić information content (AvgIpc) is 2.86. The minimum atomic E-state index is -2.81. The van der Waals surface area contributed by atoms with E-state index in [1.165, 1.54) is 0 Å². The summed E-state index contributed by atoms with van der Waals surface area (Å²) in [5, 5.41) is 3.37. The highest BCUT2D eigenvalue weighted by Crippen LogP contribution is 2.26. The molecule has 0 amide bonds. The molecule has 0 radical (unpaired) electrons. The SMILES string of the molecule is COC1CCCC1NCc1cc(Br)ccc1OC(F)F. The van der Waals surface area contributed by atoms with E-state index < -0.39 is 6.61 Å². The minimum absolute atomic E-state index is 0.196. The second-order valence-corrected chi connectivity index (χ2v) is 5.74. The van der Waals surface area contributed by atoms with Gasteiger partial charge in [0.15, 0.2) is 0 Å². The number of alkyl halides is 2. The number of benzene rings is 1. The first kappa shape index (κ1) is 15.7. The molecule has 2 unspecified atom stereocenters. The summed E-state index contributed by atoms with van der Waals surface area (Å²) in [5.41, 5.74) is 0.710. The average molecular weight is 350 g/mol. The second-order valence-electron chi connectivity index (χ2n) is 4.82. The van der Waals surface area contributed by atoms with Crippen LogP contribution in [0.2, 0.25) is 0 Å². The Balaban J connectivity index is 2.02. The molecule has 0 saturated heterocycles. The van der Waals surface area contributed by atoms with E-state index in [1.807, 2.05) is 0 Å². The molecule has 112 valence electrons. The summed E-state index contributed by atoms with van der Waals surface area (Å²) in [6.07, 6.45) is 3.39. The van der Waals surface area contributed by atoms with Crippen LogP contribution >= 0.6 is 15.9 Å². The first-order valence-corrected chi connectivity index (χ1v) is 7.39. The molecule has 0 aromatic heterocycles. The van der Waals surface area contributed by atoms with Gasteiger partial charge in [0, 0.05) is 29.7 Å². The number of rotatable bonds is 6. The van der Waals surface area contributed by atoms with E-state index in [-0.39, 0.29) is 17.9 Å². The first-order chi connectivity index (χ1) is 9.60. The largest absolute Gasteiger partial charge is 0.434 e. The summed E-state index contributed by atoms with van der Waals surface area (Å²) >= 11 is 3.35. The van der Waals surface area contributed by atoms with Gasteiger partial charge in [-0.25, -0.2) is 0 Å². The lowest BCUT2D eigenvalue weighted by atomic mass is 10.1. The zero-order valence-electron chi connectivity index (χ0n) is 11.2. The van der Waals surface area contributed by atoms with Gasteiger partial charge in [-0.15, -0.1) is 0 Å². The molecule has 1 saturated carbocycles. The smallest absolute Gasteiger partial charge is 0.387 e. The van der Waals surface area contributed by atoms with E-state index in [9.17, 15) is 8.78 Å². The van der Waals surface area contributed by atoms with Gasteiger partial charge in [-0.05, 0) is 37.5 Å². The molecule has 2 atom stereocenters. The van der Waals surface area contributed by atoms with Crippen LogP contribution in [0.1, 0.15) is 24.8 Å². The van der Waals surface area contributed by atoms with Gasteiger partial charge in [0.2, 0.25) is 0 Å². The number of hydrogen-bond donors (Lipinski definition) is 1. The molecule has 0 heterocycles. The lowest BCUT2D eigenvalue weighted by Gasteiger charge is -2.20. The van der Waals surface area contributed by atoms with Crippen LogP contribution in [0.5, 0.6) is 5.75 Å². The fourth-order valence-electron chi connectivity index (χ4n) is 2.58. The lowest BCUT2D eigenvalue weighted by Crippen LogP contribution is -2.36. The number of hydrogen-bond acceptors (Lipinski definition) is 3. The quantitative estimate of drug-likeness (QED) is 0.849. The third-order valence-electron chi connectivity index (χ3n) is 3.55. The van der Waals surface area contributed by atoms with Crippen LogP contribution in [0.15, 0.2) is 22.7 Å². The molecular formula is C14H18BrF2NO2. The summed E-state index contributed by atoms with van der Waals surface area (Å²) in [5.74, 6) is 0.211. The van der Waals surface area contributed by atoms with Crippen molar-refractivity contribution >= 4 is 15.9 Å². The van der Waals surface area contributed by atoms with Crippen LogP contribution in [0.25, 0.3) is 0 Å². The molecule has 1 N–H and O–H groups in total. The van der Waals surface area contributed by atoms with Crippen molar-refractivity contribution in [2.45, 2.75) is 44.6 Å². The third-order valence-corrected chi connectivity index (χ3v) is 4.04. The highest BCUT2D eigenvalue weighted by Gasteiger charge is 2.26. The zero-order chi connectivity index (χ0) is 14.5. The first-order valence-electron chi connectivity index (χ1n) is 6.59. The molecule has 2 rings (SSSR count).